The van der Waals surface area contributed by atoms with Gasteiger partial charge in [-0.15, -0.1) is 12.4 Å². The molecule has 0 aromatic heterocycles. The molecule has 1 aromatic rings. The number of piperazine rings is 1. The number of hydrogen-bond donors (Lipinski definition) is 1. The zero-order valence-electron chi connectivity index (χ0n) is 10.8. The average molecular weight is 305 g/mol. The monoisotopic (exact) mass is 304 g/mol. The minimum atomic E-state index is 0. The Balaban J connectivity index is 0.00000180. The van der Waals surface area contributed by atoms with Gasteiger partial charge >= 0.3 is 0 Å². The number of carbonyl (C=O) groups is 1. The minimum absolute atomic E-state index is 0. The van der Waals surface area contributed by atoms with Crippen LogP contribution in [0.2, 0.25) is 5.02 Å². The number of ether oxygens (including phenoxy) is 1. The van der Waals surface area contributed by atoms with E-state index in [1.165, 1.54) is 0 Å². The fourth-order valence-electron chi connectivity index (χ4n) is 1.92. The van der Waals surface area contributed by atoms with Crippen molar-refractivity contribution in [1.82, 2.24) is 10.2 Å². The highest BCUT2D eigenvalue weighted by molar-refractivity contribution is 6.30. The average Bonchev–Trinajstić information content (AvgIpc) is 2.38. The van der Waals surface area contributed by atoms with Gasteiger partial charge in [0.2, 0.25) is 0 Å². The molecule has 1 fully saturated rings. The zero-order chi connectivity index (χ0) is 13.0. The summed E-state index contributed by atoms with van der Waals surface area (Å²) in [6.07, 6.45) is 0. The molecule has 19 heavy (non-hydrogen) atoms. The molecule has 0 saturated carbocycles. The summed E-state index contributed by atoms with van der Waals surface area (Å²) in [7, 11) is 0. The number of benzene rings is 1. The molecular weight excluding hydrogens is 287 g/mol. The molecule has 1 saturated heterocycles. The van der Waals surface area contributed by atoms with Crippen LogP contribution in [0.25, 0.3) is 0 Å². The maximum atomic E-state index is 11.9. The summed E-state index contributed by atoms with van der Waals surface area (Å²) < 4.78 is 5.54. The fourth-order valence-corrected chi connectivity index (χ4v) is 2.15. The van der Waals surface area contributed by atoms with Gasteiger partial charge in [-0.05, 0) is 30.7 Å². The Morgan fingerprint density at radius 3 is 2.74 bits per heavy atom. The van der Waals surface area contributed by atoms with E-state index in [1.807, 2.05) is 17.9 Å². The molecule has 1 aromatic carbocycles. The smallest absolute Gasteiger partial charge is 0.260 e. The van der Waals surface area contributed by atoms with E-state index >= 15 is 0 Å². The first-order valence-electron chi connectivity index (χ1n) is 6.04. The molecule has 4 nitrogen and oxygen atoms in total. The van der Waals surface area contributed by atoms with E-state index in [0.29, 0.717) is 10.8 Å². The molecule has 1 N–H and O–H groups in total. The summed E-state index contributed by atoms with van der Waals surface area (Å²) in [4.78, 5) is 13.7. The van der Waals surface area contributed by atoms with Gasteiger partial charge in [-0.1, -0.05) is 11.6 Å². The molecule has 0 aliphatic carbocycles. The van der Waals surface area contributed by atoms with Crippen LogP contribution in [0, 0.1) is 6.92 Å². The second kappa shape index (κ2) is 7.58. The van der Waals surface area contributed by atoms with E-state index in [9.17, 15) is 4.79 Å². The van der Waals surface area contributed by atoms with Crippen LogP contribution in [0.15, 0.2) is 18.2 Å². The number of amides is 1. The normalized spacial score (nSPS) is 14.7. The minimum Gasteiger partial charge on any atom is -0.483 e. The van der Waals surface area contributed by atoms with Crippen LogP contribution in [0.4, 0.5) is 0 Å². The number of aryl methyl sites for hydroxylation is 1. The first-order valence-corrected chi connectivity index (χ1v) is 6.42. The van der Waals surface area contributed by atoms with E-state index in [1.54, 1.807) is 12.1 Å². The van der Waals surface area contributed by atoms with E-state index in [0.717, 1.165) is 31.7 Å². The quantitative estimate of drug-likeness (QED) is 0.927. The molecule has 1 aliphatic rings. The number of carbonyl (C=O) groups excluding carboxylic acids is 1. The fraction of sp³-hybridized carbons (Fsp3) is 0.462. The van der Waals surface area contributed by atoms with E-state index < -0.39 is 0 Å². The Morgan fingerprint density at radius 2 is 2.11 bits per heavy atom. The third-order valence-corrected chi connectivity index (χ3v) is 3.19. The Morgan fingerprint density at radius 1 is 1.42 bits per heavy atom. The molecule has 2 rings (SSSR count). The first kappa shape index (κ1) is 16.1. The maximum Gasteiger partial charge on any atom is 0.260 e. The molecule has 0 unspecified atom stereocenters. The van der Waals surface area contributed by atoms with Crippen LogP contribution in [-0.4, -0.2) is 43.6 Å². The van der Waals surface area contributed by atoms with Crippen LogP contribution in [0.3, 0.4) is 0 Å². The van der Waals surface area contributed by atoms with Crippen molar-refractivity contribution in [2.75, 3.05) is 32.8 Å². The van der Waals surface area contributed by atoms with Crippen LogP contribution >= 0.6 is 24.0 Å². The molecular formula is C13H18Cl2N2O2. The maximum absolute atomic E-state index is 11.9. The van der Waals surface area contributed by atoms with Crippen molar-refractivity contribution in [3.05, 3.63) is 28.8 Å². The highest BCUT2D eigenvalue weighted by atomic mass is 35.5. The first-order chi connectivity index (χ1) is 8.66. The second-order valence-corrected chi connectivity index (χ2v) is 4.77. The van der Waals surface area contributed by atoms with Gasteiger partial charge in [0.05, 0.1) is 0 Å². The van der Waals surface area contributed by atoms with Gasteiger partial charge in [-0.3, -0.25) is 4.79 Å². The lowest BCUT2D eigenvalue weighted by Gasteiger charge is -2.27. The van der Waals surface area contributed by atoms with Crippen molar-refractivity contribution in [1.29, 1.82) is 0 Å². The molecule has 0 spiro atoms. The topological polar surface area (TPSA) is 41.6 Å². The van der Waals surface area contributed by atoms with E-state index in [4.69, 9.17) is 16.3 Å². The van der Waals surface area contributed by atoms with Crippen LogP contribution in [0.1, 0.15) is 5.56 Å². The van der Waals surface area contributed by atoms with E-state index in [2.05, 4.69) is 5.32 Å². The number of hydrogen-bond acceptors (Lipinski definition) is 3. The highest BCUT2D eigenvalue weighted by Gasteiger charge is 2.16. The number of rotatable bonds is 3. The lowest BCUT2D eigenvalue weighted by molar-refractivity contribution is -0.133. The molecule has 106 valence electrons. The van der Waals surface area contributed by atoms with Crippen LogP contribution in [-0.2, 0) is 4.79 Å². The highest BCUT2D eigenvalue weighted by Crippen LogP contribution is 2.21. The Bertz CT molecular complexity index is 435. The Labute approximate surface area is 124 Å². The molecule has 0 bridgehead atoms. The van der Waals surface area contributed by atoms with Crippen LogP contribution in [0.5, 0.6) is 5.75 Å². The van der Waals surface area contributed by atoms with Gasteiger partial charge in [0.25, 0.3) is 5.91 Å². The lowest BCUT2D eigenvalue weighted by Crippen LogP contribution is -2.47. The van der Waals surface area contributed by atoms with Gasteiger partial charge in [0.15, 0.2) is 6.61 Å². The molecule has 6 heteroatoms. The van der Waals surface area contributed by atoms with Crippen molar-refractivity contribution < 1.29 is 9.53 Å². The van der Waals surface area contributed by atoms with Gasteiger partial charge in [-0.25, -0.2) is 0 Å². The summed E-state index contributed by atoms with van der Waals surface area (Å²) in [5.41, 5.74) is 0.940. The summed E-state index contributed by atoms with van der Waals surface area (Å²) >= 11 is 5.86. The lowest BCUT2D eigenvalue weighted by atomic mass is 10.2. The SMILES string of the molecule is Cc1cc(Cl)ccc1OCC(=O)N1CCNCC1.Cl. The van der Waals surface area contributed by atoms with Crippen molar-refractivity contribution in [2.24, 2.45) is 0 Å². The summed E-state index contributed by atoms with van der Waals surface area (Å²) in [5, 5.41) is 3.88. The van der Waals surface area contributed by atoms with Crippen LogP contribution < -0.4 is 10.1 Å². The van der Waals surface area contributed by atoms with Crippen molar-refractivity contribution >= 4 is 29.9 Å². The van der Waals surface area contributed by atoms with Crippen molar-refractivity contribution in [3.63, 3.8) is 0 Å². The van der Waals surface area contributed by atoms with Crippen molar-refractivity contribution in [3.8, 4) is 5.75 Å². The Kier molecular flexibility index (Phi) is 6.42. The molecule has 1 amide bonds. The number of halogens is 2. The zero-order valence-corrected chi connectivity index (χ0v) is 12.4. The Hall–Kier alpha value is -0.970. The van der Waals surface area contributed by atoms with Gasteiger partial charge in [0, 0.05) is 31.2 Å². The molecule has 1 heterocycles. The summed E-state index contributed by atoms with van der Waals surface area (Å²) in [6.45, 7) is 5.21. The molecule has 1 aliphatic heterocycles. The standard InChI is InChI=1S/C13H17ClN2O2.ClH/c1-10-8-11(14)2-3-12(10)18-9-13(17)16-6-4-15-5-7-16;/h2-3,8,15H,4-7,9H2,1H3;1H. The predicted molar refractivity (Wildman–Crippen MR) is 78.4 cm³/mol. The third kappa shape index (κ3) is 4.56. The summed E-state index contributed by atoms with van der Waals surface area (Å²) in [6, 6.07) is 5.38. The van der Waals surface area contributed by atoms with Crippen molar-refractivity contribution in [2.45, 2.75) is 6.92 Å². The van der Waals surface area contributed by atoms with Gasteiger partial charge in [0.1, 0.15) is 5.75 Å². The second-order valence-electron chi connectivity index (χ2n) is 4.33. The predicted octanol–water partition coefficient (Wildman–Crippen LogP) is 1.88. The summed E-state index contributed by atoms with van der Waals surface area (Å²) in [5.74, 6) is 0.744. The number of nitrogens with zero attached hydrogens (tertiary/aromatic N) is 1. The molecule has 0 radical (unpaired) electrons. The molecule has 0 atom stereocenters. The van der Waals surface area contributed by atoms with Gasteiger partial charge in [-0.2, -0.15) is 0 Å². The van der Waals surface area contributed by atoms with E-state index in [-0.39, 0.29) is 24.9 Å². The largest absolute Gasteiger partial charge is 0.483 e. The van der Waals surface area contributed by atoms with Gasteiger partial charge < -0.3 is 15.0 Å². The number of nitrogens with one attached hydrogen (secondary N) is 1. The third-order valence-electron chi connectivity index (χ3n) is 2.96.